The average molecular weight is 370 g/mol. The standard InChI is InChI=1S/C16H31N3O2.2ClH/c1-6-21-13-11-16(17,15(13,4)5)14(20)19-9-7-18(8-10-19)12(2)3;;/h12-13H,6-11,17H2,1-5H3;2*1H. The number of nitrogens with zero attached hydrogens (tertiary/aromatic N) is 2. The van der Waals surface area contributed by atoms with E-state index < -0.39 is 5.54 Å². The SMILES string of the molecule is CCOC1CC(N)(C(=O)N2CCN(C(C)C)CC2)C1(C)C.Cl.Cl. The quantitative estimate of drug-likeness (QED) is 0.822. The van der Waals surface area contributed by atoms with Crippen molar-refractivity contribution < 1.29 is 9.53 Å². The Morgan fingerprint density at radius 1 is 1.22 bits per heavy atom. The molecule has 2 atom stereocenters. The summed E-state index contributed by atoms with van der Waals surface area (Å²) in [7, 11) is 0. The number of piperazine rings is 1. The van der Waals surface area contributed by atoms with E-state index in [1.165, 1.54) is 0 Å². The van der Waals surface area contributed by atoms with Gasteiger partial charge in [-0.05, 0) is 20.8 Å². The van der Waals surface area contributed by atoms with Crippen LogP contribution < -0.4 is 5.73 Å². The summed E-state index contributed by atoms with van der Waals surface area (Å²) in [5.74, 6) is 0.104. The third-order valence-corrected chi connectivity index (χ3v) is 5.54. The summed E-state index contributed by atoms with van der Waals surface area (Å²) in [6.45, 7) is 14.6. The van der Waals surface area contributed by atoms with E-state index >= 15 is 0 Å². The Kier molecular flexibility index (Phi) is 8.32. The van der Waals surface area contributed by atoms with Gasteiger partial charge >= 0.3 is 0 Å². The molecule has 0 aromatic carbocycles. The zero-order chi connectivity index (χ0) is 15.8. The highest BCUT2D eigenvalue weighted by Gasteiger charge is 2.63. The Morgan fingerprint density at radius 3 is 2.13 bits per heavy atom. The number of amides is 1. The molecule has 5 nitrogen and oxygen atoms in total. The first kappa shape index (κ1) is 22.9. The number of hydrogen-bond donors (Lipinski definition) is 1. The molecule has 1 aliphatic heterocycles. The molecule has 1 saturated carbocycles. The highest BCUT2D eigenvalue weighted by molar-refractivity contribution is 5.89. The summed E-state index contributed by atoms with van der Waals surface area (Å²) >= 11 is 0. The fourth-order valence-corrected chi connectivity index (χ4v) is 3.52. The Labute approximate surface area is 153 Å². The molecule has 7 heteroatoms. The fraction of sp³-hybridized carbons (Fsp3) is 0.938. The Bertz CT molecular complexity index is 399. The highest BCUT2D eigenvalue weighted by Crippen LogP contribution is 2.50. The molecule has 1 amide bonds. The van der Waals surface area contributed by atoms with Gasteiger partial charge < -0.3 is 15.4 Å². The smallest absolute Gasteiger partial charge is 0.243 e. The molecule has 138 valence electrons. The van der Waals surface area contributed by atoms with E-state index in [0.29, 0.717) is 19.1 Å². The number of ether oxygens (including phenoxy) is 1. The lowest BCUT2D eigenvalue weighted by molar-refractivity contribution is -0.180. The van der Waals surface area contributed by atoms with Crippen LogP contribution in [0.15, 0.2) is 0 Å². The van der Waals surface area contributed by atoms with Crippen molar-refractivity contribution >= 4 is 30.7 Å². The van der Waals surface area contributed by atoms with Gasteiger partial charge in [-0.2, -0.15) is 0 Å². The summed E-state index contributed by atoms with van der Waals surface area (Å²) in [4.78, 5) is 17.2. The lowest BCUT2D eigenvalue weighted by Crippen LogP contribution is -2.76. The van der Waals surface area contributed by atoms with Crippen molar-refractivity contribution in [2.45, 2.75) is 58.7 Å². The van der Waals surface area contributed by atoms with E-state index in [0.717, 1.165) is 26.2 Å². The molecule has 0 aromatic heterocycles. The lowest BCUT2D eigenvalue weighted by Gasteiger charge is -2.59. The summed E-state index contributed by atoms with van der Waals surface area (Å²) in [6.07, 6.45) is 0.727. The zero-order valence-corrected chi connectivity index (χ0v) is 16.6. The minimum Gasteiger partial charge on any atom is -0.378 e. The lowest BCUT2D eigenvalue weighted by atomic mass is 9.54. The molecule has 2 N–H and O–H groups in total. The summed E-state index contributed by atoms with van der Waals surface area (Å²) in [5, 5.41) is 0. The first-order valence-corrected chi connectivity index (χ1v) is 8.18. The summed E-state index contributed by atoms with van der Waals surface area (Å²) < 4.78 is 5.72. The molecule has 1 heterocycles. The molecule has 0 bridgehead atoms. The van der Waals surface area contributed by atoms with Gasteiger partial charge in [-0.25, -0.2) is 0 Å². The van der Waals surface area contributed by atoms with Crippen LogP contribution in [0.25, 0.3) is 0 Å². The van der Waals surface area contributed by atoms with Crippen LogP contribution >= 0.6 is 24.8 Å². The maximum Gasteiger partial charge on any atom is 0.243 e. The second-order valence-corrected chi connectivity index (χ2v) is 7.26. The molecule has 2 unspecified atom stereocenters. The van der Waals surface area contributed by atoms with Crippen molar-refractivity contribution in [2.75, 3.05) is 32.8 Å². The number of halogens is 2. The largest absolute Gasteiger partial charge is 0.378 e. The molecule has 1 saturated heterocycles. The highest BCUT2D eigenvalue weighted by atomic mass is 35.5. The van der Waals surface area contributed by atoms with Crippen LogP contribution in [0.1, 0.15) is 41.0 Å². The molecule has 0 spiro atoms. The van der Waals surface area contributed by atoms with Gasteiger partial charge in [0, 0.05) is 50.7 Å². The van der Waals surface area contributed by atoms with Gasteiger partial charge in [0.25, 0.3) is 0 Å². The Morgan fingerprint density at radius 2 is 1.74 bits per heavy atom. The van der Waals surface area contributed by atoms with Gasteiger partial charge in [0.1, 0.15) is 5.54 Å². The van der Waals surface area contributed by atoms with Crippen LogP contribution in [-0.2, 0) is 9.53 Å². The zero-order valence-electron chi connectivity index (χ0n) is 15.0. The molecule has 0 aromatic rings. The van der Waals surface area contributed by atoms with Gasteiger partial charge in [0.15, 0.2) is 0 Å². The second-order valence-electron chi connectivity index (χ2n) is 7.26. The van der Waals surface area contributed by atoms with Crippen LogP contribution in [0.2, 0.25) is 0 Å². The maximum absolute atomic E-state index is 12.9. The first-order chi connectivity index (χ1) is 9.74. The predicted octanol–water partition coefficient (Wildman–Crippen LogP) is 1.92. The molecule has 2 rings (SSSR count). The summed E-state index contributed by atoms with van der Waals surface area (Å²) in [5.41, 5.74) is 5.42. The first-order valence-electron chi connectivity index (χ1n) is 8.18. The molecule has 23 heavy (non-hydrogen) atoms. The van der Waals surface area contributed by atoms with Crippen LogP contribution in [0.5, 0.6) is 0 Å². The number of rotatable bonds is 4. The molecule has 2 fully saturated rings. The normalized spacial score (nSPS) is 30.2. The van der Waals surface area contributed by atoms with Crippen molar-refractivity contribution in [3.63, 3.8) is 0 Å². The van der Waals surface area contributed by atoms with E-state index in [2.05, 4.69) is 32.6 Å². The minimum absolute atomic E-state index is 0. The number of carbonyl (C=O) groups excluding carboxylic acids is 1. The van der Waals surface area contributed by atoms with Crippen LogP contribution in [-0.4, -0.2) is 66.2 Å². The number of nitrogens with two attached hydrogens (primary N) is 1. The van der Waals surface area contributed by atoms with Crippen LogP contribution in [0.3, 0.4) is 0 Å². The van der Waals surface area contributed by atoms with Crippen molar-refractivity contribution in [3.8, 4) is 0 Å². The van der Waals surface area contributed by atoms with E-state index in [1.54, 1.807) is 0 Å². The Hall–Kier alpha value is -0.0700. The molecular weight excluding hydrogens is 337 g/mol. The molecule has 2 aliphatic rings. The number of carbonyl (C=O) groups is 1. The number of hydrogen-bond acceptors (Lipinski definition) is 4. The molecular formula is C16H33Cl2N3O2. The van der Waals surface area contributed by atoms with E-state index in [1.807, 2.05) is 11.8 Å². The predicted molar refractivity (Wildman–Crippen MR) is 98.5 cm³/mol. The van der Waals surface area contributed by atoms with Gasteiger partial charge in [0.05, 0.1) is 6.10 Å². The van der Waals surface area contributed by atoms with E-state index in [-0.39, 0.29) is 42.2 Å². The monoisotopic (exact) mass is 369 g/mol. The van der Waals surface area contributed by atoms with Crippen molar-refractivity contribution in [3.05, 3.63) is 0 Å². The van der Waals surface area contributed by atoms with Crippen molar-refractivity contribution in [2.24, 2.45) is 11.1 Å². The van der Waals surface area contributed by atoms with Crippen LogP contribution in [0, 0.1) is 5.41 Å². The van der Waals surface area contributed by atoms with Gasteiger partial charge in [-0.1, -0.05) is 13.8 Å². The van der Waals surface area contributed by atoms with Crippen LogP contribution in [0.4, 0.5) is 0 Å². The second kappa shape index (κ2) is 8.34. The minimum atomic E-state index is -0.771. The fourth-order valence-electron chi connectivity index (χ4n) is 3.52. The Balaban J connectivity index is 0.00000242. The van der Waals surface area contributed by atoms with Crippen molar-refractivity contribution in [1.82, 2.24) is 9.80 Å². The van der Waals surface area contributed by atoms with Crippen molar-refractivity contribution in [1.29, 1.82) is 0 Å². The van der Waals surface area contributed by atoms with Gasteiger partial charge in [0.2, 0.25) is 5.91 Å². The van der Waals surface area contributed by atoms with Gasteiger partial charge in [-0.3, -0.25) is 9.69 Å². The topological polar surface area (TPSA) is 58.8 Å². The summed E-state index contributed by atoms with van der Waals surface area (Å²) in [6, 6.07) is 0.538. The third kappa shape index (κ3) is 3.96. The maximum atomic E-state index is 12.9. The average Bonchev–Trinajstić information content (AvgIpc) is 2.46. The van der Waals surface area contributed by atoms with E-state index in [9.17, 15) is 4.79 Å². The molecule has 1 aliphatic carbocycles. The molecule has 0 radical (unpaired) electrons. The third-order valence-electron chi connectivity index (χ3n) is 5.54. The van der Waals surface area contributed by atoms with Gasteiger partial charge in [-0.15, -0.1) is 24.8 Å². The van der Waals surface area contributed by atoms with E-state index in [4.69, 9.17) is 10.5 Å².